The summed E-state index contributed by atoms with van der Waals surface area (Å²) < 4.78 is 81.5. The van der Waals surface area contributed by atoms with Gasteiger partial charge in [-0.15, -0.1) is 0 Å². The quantitative estimate of drug-likeness (QED) is 0.381. The highest BCUT2D eigenvalue weighted by Gasteiger charge is 2.34. The van der Waals surface area contributed by atoms with E-state index in [1.807, 2.05) is 0 Å². The molecule has 0 atom stereocenters. The van der Waals surface area contributed by atoms with Crippen LogP contribution in [0.1, 0.15) is 16.1 Å². The van der Waals surface area contributed by atoms with Crippen LogP contribution < -0.4 is 11.5 Å². The Morgan fingerprint density at radius 3 is 2.14 bits per heavy atom. The van der Waals surface area contributed by atoms with Gasteiger partial charge in [0.2, 0.25) is 0 Å². The van der Waals surface area contributed by atoms with E-state index in [4.69, 9.17) is 11.5 Å². The Hall–Kier alpha value is -3.63. The lowest BCUT2D eigenvalue weighted by molar-refractivity contribution is -0.140. The number of nitrogens with zero attached hydrogens (tertiary/aromatic N) is 2. The van der Waals surface area contributed by atoms with Crippen molar-refractivity contribution in [2.45, 2.75) is 6.18 Å². The topological polar surface area (TPSA) is 94.4 Å². The summed E-state index contributed by atoms with van der Waals surface area (Å²) in [6.45, 7) is 0. The number of hydrogen-bond donors (Lipinski definition) is 2. The third-order valence-corrected chi connectivity index (χ3v) is 3.85. The van der Waals surface area contributed by atoms with Crippen LogP contribution in [0.5, 0.6) is 0 Å². The van der Waals surface area contributed by atoms with Crippen molar-refractivity contribution in [1.29, 1.82) is 0 Å². The van der Waals surface area contributed by atoms with Gasteiger partial charge in [0.05, 0.1) is 11.1 Å². The molecule has 0 aliphatic heterocycles. The summed E-state index contributed by atoms with van der Waals surface area (Å²) in [6, 6.07) is 4.25. The summed E-state index contributed by atoms with van der Waals surface area (Å²) in [4.78, 5) is 18.7. The van der Waals surface area contributed by atoms with E-state index in [0.29, 0.717) is 18.2 Å². The minimum absolute atomic E-state index is 0.170. The molecule has 3 rings (SSSR count). The van der Waals surface area contributed by atoms with Crippen LogP contribution in [0.25, 0.3) is 22.0 Å². The van der Waals surface area contributed by atoms with E-state index >= 15 is 0 Å². The van der Waals surface area contributed by atoms with Gasteiger partial charge in [-0.05, 0) is 29.8 Å². The first-order chi connectivity index (χ1) is 13.5. The summed E-state index contributed by atoms with van der Waals surface area (Å²) >= 11 is 0. The van der Waals surface area contributed by atoms with E-state index in [-0.39, 0.29) is 16.5 Å². The number of hydrogen-bond acceptors (Lipinski definition) is 2. The number of pyridine rings is 1. The molecular weight excluding hydrogens is 402 g/mol. The molecule has 150 valence electrons. The molecule has 2 aromatic carbocycles. The van der Waals surface area contributed by atoms with Gasteiger partial charge in [-0.1, -0.05) is 0 Å². The van der Waals surface area contributed by atoms with Crippen molar-refractivity contribution >= 4 is 22.8 Å². The smallest absolute Gasteiger partial charge is 0.370 e. The molecule has 0 unspecified atom stereocenters. The van der Waals surface area contributed by atoms with Crippen LogP contribution in [-0.4, -0.2) is 16.9 Å². The first-order valence-corrected chi connectivity index (χ1v) is 7.78. The molecule has 3 aromatic rings. The molecule has 0 saturated heterocycles. The first kappa shape index (κ1) is 20.1. The zero-order valence-corrected chi connectivity index (χ0v) is 14.2. The molecule has 11 heteroatoms. The van der Waals surface area contributed by atoms with Gasteiger partial charge >= 0.3 is 6.18 Å². The fraction of sp³-hybridized carbons (Fsp3) is 0.0556. The Morgan fingerprint density at radius 2 is 1.59 bits per heavy atom. The number of benzene rings is 2. The maximum Gasteiger partial charge on any atom is 0.433 e. The van der Waals surface area contributed by atoms with Crippen molar-refractivity contribution in [1.82, 2.24) is 4.98 Å². The summed E-state index contributed by atoms with van der Waals surface area (Å²) in [5, 5.41) is -0.195. The third-order valence-electron chi connectivity index (χ3n) is 3.85. The normalized spacial score (nSPS) is 11.5. The fourth-order valence-electron chi connectivity index (χ4n) is 2.69. The van der Waals surface area contributed by atoms with E-state index in [1.54, 1.807) is 0 Å². The Labute approximate surface area is 158 Å². The van der Waals surface area contributed by atoms with Gasteiger partial charge < -0.3 is 11.5 Å². The molecule has 0 aliphatic rings. The second-order valence-corrected chi connectivity index (χ2v) is 5.87. The van der Waals surface area contributed by atoms with Crippen molar-refractivity contribution in [2.24, 2.45) is 16.5 Å². The van der Waals surface area contributed by atoms with Crippen LogP contribution in [0, 0.1) is 17.5 Å². The fourth-order valence-corrected chi connectivity index (χ4v) is 2.69. The van der Waals surface area contributed by atoms with Gasteiger partial charge in [0.15, 0.2) is 5.96 Å². The van der Waals surface area contributed by atoms with Crippen molar-refractivity contribution in [3.05, 3.63) is 65.1 Å². The molecular formula is C18H10F6N4O. The second kappa shape index (κ2) is 7.08. The van der Waals surface area contributed by atoms with E-state index in [0.717, 1.165) is 18.2 Å². The average molecular weight is 412 g/mol. The van der Waals surface area contributed by atoms with Gasteiger partial charge in [0.25, 0.3) is 5.91 Å². The number of rotatable bonds is 2. The second-order valence-electron chi connectivity index (χ2n) is 5.87. The number of aromatic nitrogens is 1. The lowest BCUT2D eigenvalue weighted by Gasteiger charge is -2.14. The predicted molar refractivity (Wildman–Crippen MR) is 92.2 cm³/mol. The molecule has 1 heterocycles. The van der Waals surface area contributed by atoms with Crippen LogP contribution in [0.3, 0.4) is 0 Å². The SMILES string of the molecule is NC(N)=NC(=O)c1ccc2nc(C(F)(F)F)cc(-c3c(F)cc(F)cc3F)c2c1. The van der Waals surface area contributed by atoms with Gasteiger partial charge in [0.1, 0.15) is 23.1 Å². The third kappa shape index (κ3) is 3.98. The number of carbonyl (C=O) groups is 1. The molecule has 0 radical (unpaired) electrons. The Morgan fingerprint density at radius 1 is 0.966 bits per heavy atom. The molecule has 0 saturated carbocycles. The van der Waals surface area contributed by atoms with E-state index in [9.17, 15) is 31.1 Å². The minimum Gasteiger partial charge on any atom is -0.370 e. The monoisotopic (exact) mass is 412 g/mol. The Bertz CT molecular complexity index is 1150. The largest absolute Gasteiger partial charge is 0.433 e. The first-order valence-electron chi connectivity index (χ1n) is 7.78. The van der Waals surface area contributed by atoms with Crippen molar-refractivity contribution in [3.8, 4) is 11.1 Å². The lowest BCUT2D eigenvalue weighted by atomic mass is 9.97. The van der Waals surface area contributed by atoms with Gasteiger partial charge in [-0.25, -0.2) is 18.2 Å². The van der Waals surface area contributed by atoms with Crippen molar-refractivity contribution in [2.75, 3.05) is 0 Å². The molecule has 0 bridgehead atoms. The molecule has 5 nitrogen and oxygen atoms in total. The highest BCUT2D eigenvalue weighted by atomic mass is 19.4. The molecule has 1 amide bonds. The van der Waals surface area contributed by atoms with Gasteiger partial charge in [-0.3, -0.25) is 4.79 Å². The van der Waals surface area contributed by atoms with E-state index in [2.05, 4.69) is 9.98 Å². The maximum atomic E-state index is 14.3. The number of amides is 1. The minimum atomic E-state index is -4.93. The molecule has 29 heavy (non-hydrogen) atoms. The number of carbonyl (C=O) groups excluding carboxylic acids is 1. The number of nitrogens with two attached hydrogens (primary N) is 2. The van der Waals surface area contributed by atoms with Crippen molar-refractivity contribution in [3.63, 3.8) is 0 Å². The standard InChI is InChI=1S/C18H10F6N4O/c19-8-4-11(20)15(12(21)5-8)10-6-14(18(22,23)24)27-13-2-1-7(3-9(10)13)16(29)28-17(25)26/h1-6H,(H4,25,26,28,29). The van der Waals surface area contributed by atoms with E-state index < -0.39 is 52.3 Å². The summed E-state index contributed by atoms with van der Waals surface area (Å²) in [6.07, 6.45) is -4.93. The zero-order valence-electron chi connectivity index (χ0n) is 14.2. The molecule has 4 N–H and O–H groups in total. The number of guanidine groups is 1. The van der Waals surface area contributed by atoms with Crippen LogP contribution in [0.15, 0.2) is 41.4 Å². The van der Waals surface area contributed by atoms with Gasteiger partial charge in [-0.2, -0.15) is 18.2 Å². The number of alkyl halides is 3. The molecule has 0 aliphatic carbocycles. The van der Waals surface area contributed by atoms with Crippen LogP contribution in [-0.2, 0) is 6.18 Å². The number of aliphatic imine (C=N–C) groups is 1. The maximum absolute atomic E-state index is 14.3. The molecule has 0 fully saturated rings. The van der Waals surface area contributed by atoms with Gasteiger partial charge in [0, 0.05) is 23.1 Å². The molecule has 1 aromatic heterocycles. The average Bonchev–Trinajstić information content (AvgIpc) is 2.58. The van der Waals surface area contributed by atoms with Crippen LogP contribution in [0.4, 0.5) is 26.3 Å². The number of fused-ring (bicyclic) bond motifs is 1. The molecule has 0 spiro atoms. The summed E-state index contributed by atoms with van der Waals surface area (Å²) in [7, 11) is 0. The Balaban J connectivity index is 2.39. The zero-order chi connectivity index (χ0) is 21.5. The summed E-state index contributed by atoms with van der Waals surface area (Å²) in [5.74, 6) is -5.59. The Kier molecular flexibility index (Phi) is 4.91. The van der Waals surface area contributed by atoms with Crippen molar-refractivity contribution < 1.29 is 31.1 Å². The summed E-state index contributed by atoms with van der Waals surface area (Å²) in [5.41, 5.74) is 6.86. The highest BCUT2D eigenvalue weighted by Crippen LogP contribution is 2.37. The number of halogens is 6. The van der Waals surface area contributed by atoms with Crippen LogP contribution in [0.2, 0.25) is 0 Å². The predicted octanol–water partition coefficient (Wildman–Crippen LogP) is 3.75. The van der Waals surface area contributed by atoms with E-state index in [1.165, 1.54) is 0 Å². The van der Waals surface area contributed by atoms with Crippen LogP contribution >= 0.6 is 0 Å². The highest BCUT2D eigenvalue weighted by molar-refractivity contribution is 6.06. The lowest BCUT2D eigenvalue weighted by Crippen LogP contribution is -2.24.